The number of nitrogens with zero attached hydrogens (tertiary/aromatic N) is 2. The Hall–Kier alpha value is -2.46. The van der Waals surface area contributed by atoms with Crippen molar-refractivity contribution in [3.63, 3.8) is 0 Å². The molecule has 1 N–H and O–H groups in total. The van der Waals surface area contributed by atoms with Gasteiger partial charge in [0.05, 0.1) is 47.3 Å². The highest BCUT2D eigenvalue weighted by Gasteiger charge is 2.25. The van der Waals surface area contributed by atoms with Crippen LogP contribution in [-0.4, -0.2) is 22.6 Å². The van der Waals surface area contributed by atoms with E-state index in [2.05, 4.69) is 0 Å². The molecule has 0 heterocycles. The molecule has 0 aromatic heterocycles. The summed E-state index contributed by atoms with van der Waals surface area (Å²) in [5, 5.41) is 29.1. The molecule has 0 saturated carbocycles. The first-order chi connectivity index (χ1) is 9.04. The molecule has 100 valence electrons. The molecular weight excluding hydrogens is 252 g/mol. The van der Waals surface area contributed by atoms with Gasteiger partial charge in [-0.15, -0.1) is 0 Å². The van der Waals surface area contributed by atoms with Gasteiger partial charge in [0.25, 0.3) is 5.69 Å². The van der Waals surface area contributed by atoms with Crippen LogP contribution in [0.5, 0.6) is 0 Å². The molecule has 0 aliphatic carbocycles. The maximum Gasteiger partial charge on any atom is 0.310 e. The van der Waals surface area contributed by atoms with Crippen LogP contribution in [0.4, 0.5) is 5.69 Å². The molecule has 0 amide bonds. The molecule has 0 fully saturated rings. The van der Waals surface area contributed by atoms with Crippen molar-refractivity contribution in [2.75, 3.05) is 6.61 Å². The van der Waals surface area contributed by atoms with Crippen LogP contribution in [-0.2, 0) is 22.6 Å². The summed E-state index contributed by atoms with van der Waals surface area (Å²) in [5.41, 5.74) is -0.354. The van der Waals surface area contributed by atoms with Gasteiger partial charge in [0.15, 0.2) is 0 Å². The highest BCUT2D eigenvalue weighted by molar-refractivity contribution is 5.76. The van der Waals surface area contributed by atoms with Crippen molar-refractivity contribution in [1.29, 1.82) is 5.26 Å². The maximum atomic E-state index is 11.4. The Morgan fingerprint density at radius 2 is 2.26 bits per heavy atom. The van der Waals surface area contributed by atoms with E-state index in [-0.39, 0.29) is 29.7 Å². The quantitative estimate of drug-likeness (QED) is 0.483. The first kappa shape index (κ1) is 14.6. The van der Waals surface area contributed by atoms with Crippen molar-refractivity contribution in [2.45, 2.75) is 20.0 Å². The van der Waals surface area contributed by atoms with Gasteiger partial charge in [0, 0.05) is 0 Å². The molecular formula is C12H12N2O5. The van der Waals surface area contributed by atoms with Crippen LogP contribution in [0.15, 0.2) is 12.1 Å². The molecule has 1 aromatic rings. The standard InChI is InChI=1S/C12H12N2O5/c1-2-19-11(16)5-10-8(6-13)3-4-9(7-15)12(10)14(17)18/h3-4,15H,2,5,7H2,1H3. The smallest absolute Gasteiger partial charge is 0.310 e. The van der Waals surface area contributed by atoms with E-state index < -0.39 is 23.2 Å². The van der Waals surface area contributed by atoms with E-state index in [0.717, 1.165) is 0 Å². The minimum atomic E-state index is -0.707. The molecule has 0 saturated heterocycles. The molecule has 1 aromatic carbocycles. The Morgan fingerprint density at radius 3 is 2.74 bits per heavy atom. The first-order valence-corrected chi connectivity index (χ1v) is 5.50. The third-order valence-electron chi connectivity index (χ3n) is 2.47. The number of nitriles is 1. The number of hydrogen-bond acceptors (Lipinski definition) is 6. The van der Waals surface area contributed by atoms with Crippen molar-refractivity contribution in [2.24, 2.45) is 0 Å². The Bertz CT molecular complexity index is 548. The lowest BCUT2D eigenvalue weighted by molar-refractivity contribution is -0.386. The largest absolute Gasteiger partial charge is 0.466 e. The Labute approximate surface area is 109 Å². The van der Waals surface area contributed by atoms with Gasteiger partial charge in [-0.25, -0.2) is 0 Å². The van der Waals surface area contributed by atoms with Gasteiger partial charge < -0.3 is 9.84 Å². The zero-order valence-corrected chi connectivity index (χ0v) is 10.3. The Morgan fingerprint density at radius 1 is 1.58 bits per heavy atom. The molecule has 7 heteroatoms. The van der Waals surface area contributed by atoms with Gasteiger partial charge in [0.2, 0.25) is 0 Å². The molecule has 0 unspecified atom stereocenters. The molecule has 19 heavy (non-hydrogen) atoms. The zero-order valence-electron chi connectivity index (χ0n) is 10.3. The van der Waals surface area contributed by atoms with Crippen molar-refractivity contribution in [3.05, 3.63) is 38.9 Å². The van der Waals surface area contributed by atoms with Gasteiger partial charge >= 0.3 is 5.97 Å². The minimum absolute atomic E-state index is 0.0250. The number of benzene rings is 1. The predicted molar refractivity (Wildman–Crippen MR) is 64.1 cm³/mol. The highest BCUT2D eigenvalue weighted by Crippen LogP contribution is 2.28. The van der Waals surface area contributed by atoms with E-state index in [0.29, 0.717) is 0 Å². The number of carbonyl (C=O) groups excluding carboxylic acids is 1. The van der Waals surface area contributed by atoms with Crippen LogP contribution < -0.4 is 0 Å². The SMILES string of the molecule is CCOC(=O)Cc1c(C#N)ccc(CO)c1[N+](=O)[O-]. The molecule has 1 rings (SSSR count). The number of ether oxygens (including phenoxy) is 1. The predicted octanol–water partition coefficient (Wildman–Crippen LogP) is 1.06. The number of esters is 1. The molecule has 0 aliphatic rings. The second kappa shape index (κ2) is 6.47. The average Bonchev–Trinajstić information content (AvgIpc) is 2.37. The monoisotopic (exact) mass is 264 g/mol. The van der Waals surface area contributed by atoms with Crippen molar-refractivity contribution in [3.8, 4) is 6.07 Å². The lowest BCUT2D eigenvalue weighted by Gasteiger charge is -2.08. The van der Waals surface area contributed by atoms with Gasteiger partial charge in [0.1, 0.15) is 0 Å². The summed E-state index contributed by atoms with van der Waals surface area (Å²) in [4.78, 5) is 21.8. The van der Waals surface area contributed by atoms with Crippen LogP contribution in [0.2, 0.25) is 0 Å². The molecule has 0 radical (unpaired) electrons. The van der Waals surface area contributed by atoms with E-state index in [9.17, 15) is 14.9 Å². The average molecular weight is 264 g/mol. The van der Waals surface area contributed by atoms with Crippen molar-refractivity contribution < 1.29 is 19.6 Å². The molecule has 0 spiro atoms. The minimum Gasteiger partial charge on any atom is -0.466 e. The summed E-state index contributed by atoms with van der Waals surface area (Å²) >= 11 is 0. The normalized spacial score (nSPS) is 9.74. The van der Waals surface area contributed by atoms with Gasteiger partial charge in [-0.1, -0.05) is 0 Å². The number of hydrogen-bond donors (Lipinski definition) is 1. The van der Waals surface area contributed by atoms with E-state index >= 15 is 0 Å². The Kier molecular flexibility index (Phi) is 4.97. The lowest BCUT2D eigenvalue weighted by atomic mass is 9.99. The second-order valence-corrected chi connectivity index (χ2v) is 3.61. The van der Waals surface area contributed by atoms with Crippen molar-refractivity contribution in [1.82, 2.24) is 0 Å². The maximum absolute atomic E-state index is 11.4. The van der Waals surface area contributed by atoms with Crippen LogP contribution in [0, 0.1) is 21.4 Å². The fourth-order valence-corrected chi connectivity index (χ4v) is 1.68. The molecule has 0 bridgehead atoms. The fourth-order valence-electron chi connectivity index (χ4n) is 1.68. The summed E-state index contributed by atoms with van der Waals surface area (Å²) in [6, 6.07) is 4.43. The van der Waals surface area contributed by atoms with Crippen LogP contribution >= 0.6 is 0 Å². The molecule has 0 atom stereocenters. The van der Waals surface area contributed by atoms with E-state index in [1.54, 1.807) is 13.0 Å². The van der Waals surface area contributed by atoms with Gasteiger partial charge in [-0.2, -0.15) is 5.26 Å². The zero-order chi connectivity index (χ0) is 14.4. The topological polar surface area (TPSA) is 113 Å². The van der Waals surface area contributed by atoms with Crippen molar-refractivity contribution >= 4 is 11.7 Å². The number of nitro groups is 1. The number of carbonyl (C=O) groups is 1. The Balaban J connectivity index is 3.36. The number of aliphatic hydroxyl groups is 1. The van der Waals surface area contributed by atoms with Crippen LogP contribution in [0.3, 0.4) is 0 Å². The highest BCUT2D eigenvalue weighted by atomic mass is 16.6. The summed E-state index contributed by atoms with van der Waals surface area (Å²) in [6.45, 7) is 1.22. The molecule has 7 nitrogen and oxygen atoms in total. The summed E-state index contributed by atoms with van der Waals surface area (Å²) in [5.74, 6) is -0.655. The molecule has 0 aliphatic heterocycles. The van der Waals surface area contributed by atoms with Gasteiger partial charge in [-0.05, 0) is 19.1 Å². The third-order valence-corrected chi connectivity index (χ3v) is 2.47. The van der Waals surface area contributed by atoms with Crippen LogP contribution in [0.1, 0.15) is 23.6 Å². The second-order valence-electron chi connectivity index (χ2n) is 3.61. The summed E-state index contributed by atoms with van der Waals surface area (Å²) < 4.78 is 4.72. The third kappa shape index (κ3) is 3.26. The number of rotatable bonds is 5. The number of aliphatic hydroxyl groups excluding tert-OH is 1. The summed E-state index contributed by atoms with van der Waals surface area (Å²) in [7, 11) is 0. The van der Waals surface area contributed by atoms with E-state index in [1.807, 2.05) is 0 Å². The lowest BCUT2D eigenvalue weighted by Crippen LogP contribution is -2.12. The van der Waals surface area contributed by atoms with E-state index in [1.165, 1.54) is 12.1 Å². The van der Waals surface area contributed by atoms with E-state index in [4.69, 9.17) is 15.1 Å². The number of nitro benzene ring substituents is 1. The van der Waals surface area contributed by atoms with Crippen LogP contribution in [0.25, 0.3) is 0 Å². The summed E-state index contributed by atoms with van der Waals surface area (Å²) in [6.07, 6.45) is -0.374. The fraction of sp³-hybridized carbons (Fsp3) is 0.333. The van der Waals surface area contributed by atoms with Gasteiger partial charge in [-0.3, -0.25) is 14.9 Å². The first-order valence-electron chi connectivity index (χ1n) is 5.50.